The van der Waals surface area contributed by atoms with Crippen LogP contribution in [0.2, 0.25) is 0 Å². The molecule has 5 heteroatoms. The molecule has 2 aromatic rings. The van der Waals surface area contributed by atoms with Gasteiger partial charge in [-0.1, -0.05) is 54.6 Å². The van der Waals surface area contributed by atoms with Gasteiger partial charge >= 0.3 is 0 Å². The number of rotatable bonds is 2. The molecule has 25 heavy (non-hydrogen) atoms. The maximum atomic E-state index is 13.5. The summed E-state index contributed by atoms with van der Waals surface area (Å²) in [7, 11) is 0. The van der Waals surface area contributed by atoms with E-state index in [1.807, 2.05) is 36.4 Å². The van der Waals surface area contributed by atoms with Gasteiger partial charge in [0, 0.05) is 25.4 Å². The Labute approximate surface area is 145 Å². The minimum absolute atomic E-state index is 0.0667. The van der Waals surface area contributed by atoms with Crippen molar-refractivity contribution in [3.05, 3.63) is 71.3 Å². The van der Waals surface area contributed by atoms with Crippen molar-refractivity contribution in [2.75, 3.05) is 13.1 Å². The van der Waals surface area contributed by atoms with E-state index in [9.17, 15) is 13.6 Å². The predicted molar refractivity (Wildman–Crippen MR) is 91.5 cm³/mol. The Morgan fingerprint density at radius 1 is 1.08 bits per heavy atom. The average Bonchev–Trinajstić information content (AvgIpc) is 3.00. The largest absolute Gasteiger partial charge is 0.336 e. The second kappa shape index (κ2) is 6.23. The van der Waals surface area contributed by atoms with Crippen molar-refractivity contribution in [3.63, 3.8) is 0 Å². The molecule has 4 rings (SSSR count). The molecule has 1 fully saturated rings. The monoisotopic (exact) mass is 342 g/mol. The number of alkyl halides is 2. The van der Waals surface area contributed by atoms with Crippen molar-refractivity contribution >= 4 is 5.91 Å². The molecule has 2 heterocycles. The van der Waals surface area contributed by atoms with Crippen LogP contribution in [0.1, 0.15) is 29.0 Å². The molecular weight excluding hydrogens is 322 g/mol. The zero-order valence-electron chi connectivity index (χ0n) is 13.8. The van der Waals surface area contributed by atoms with Crippen LogP contribution in [0.4, 0.5) is 8.78 Å². The van der Waals surface area contributed by atoms with Crippen molar-refractivity contribution in [2.24, 2.45) is 0 Å². The molecule has 1 amide bonds. The van der Waals surface area contributed by atoms with E-state index < -0.39 is 24.9 Å². The topological polar surface area (TPSA) is 32.3 Å². The molecule has 2 atom stereocenters. The van der Waals surface area contributed by atoms with Gasteiger partial charge in [-0.05, 0) is 16.7 Å². The molecule has 1 saturated heterocycles. The molecule has 0 aromatic heterocycles. The number of hydrogen-bond acceptors (Lipinski definition) is 2. The van der Waals surface area contributed by atoms with Crippen molar-refractivity contribution in [3.8, 4) is 0 Å². The highest BCUT2D eigenvalue weighted by atomic mass is 19.3. The van der Waals surface area contributed by atoms with E-state index in [4.69, 9.17) is 0 Å². The zero-order valence-corrected chi connectivity index (χ0v) is 13.8. The molecule has 0 spiro atoms. The van der Waals surface area contributed by atoms with Crippen LogP contribution in [-0.4, -0.2) is 35.9 Å². The molecule has 0 radical (unpaired) electrons. The first-order valence-electron chi connectivity index (χ1n) is 8.56. The lowest BCUT2D eigenvalue weighted by atomic mass is 9.84. The third kappa shape index (κ3) is 3.16. The van der Waals surface area contributed by atoms with Crippen molar-refractivity contribution < 1.29 is 13.6 Å². The number of nitrogens with zero attached hydrogens (tertiary/aromatic N) is 1. The van der Waals surface area contributed by atoms with E-state index in [2.05, 4.69) is 23.5 Å². The molecule has 2 aromatic carbocycles. The Balaban J connectivity index is 1.63. The van der Waals surface area contributed by atoms with Crippen LogP contribution in [0.25, 0.3) is 0 Å². The molecule has 2 unspecified atom stereocenters. The number of carbonyl (C=O) groups excluding carboxylic acids is 1. The van der Waals surface area contributed by atoms with E-state index >= 15 is 0 Å². The fourth-order valence-corrected chi connectivity index (χ4v) is 3.86. The summed E-state index contributed by atoms with van der Waals surface area (Å²) in [5, 5.41) is 2.68. The van der Waals surface area contributed by atoms with Gasteiger partial charge in [0.2, 0.25) is 5.91 Å². The second-order valence-electron chi connectivity index (χ2n) is 6.87. The highest BCUT2D eigenvalue weighted by molar-refractivity contribution is 5.83. The Hall–Kier alpha value is -2.27. The minimum atomic E-state index is -2.80. The van der Waals surface area contributed by atoms with E-state index in [0.29, 0.717) is 13.1 Å². The van der Waals surface area contributed by atoms with Crippen molar-refractivity contribution in [1.82, 2.24) is 10.2 Å². The summed E-state index contributed by atoms with van der Waals surface area (Å²) >= 11 is 0. The Bertz CT molecular complexity index is 778. The number of halogens is 2. The molecule has 0 saturated carbocycles. The summed E-state index contributed by atoms with van der Waals surface area (Å²) in [6, 6.07) is 17.3. The molecule has 2 aliphatic rings. The third-order valence-electron chi connectivity index (χ3n) is 5.12. The number of carbonyl (C=O) groups is 1. The standard InChI is InChI=1S/C20H20F2N2O/c21-20(22)10-18(23-13-20)19(25)24-11-15-8-4-5-9-16(15)17(12-24)14-6-2-1-3-7-14/h1-9,17-18,23H,10-13H2. The molecule has 0 aliphatic carbocycles. The number of amides is 1. The van der Waals surface area contributed by atoms with Crippen LogP contribution in [0, 0.1) is 0 Å². The average molecular weight is 342 g/mol. The van der Waals surface area contributed by atoms with Gasteiger partial charge in [0.15, 0.2) is 0 Å². The van der Waals surface area contributed by atoms with Gasteiger partial charge in [0.25, 0.3) is 5.92 Å². The maximum absolute atomic E-state index is 13.5. The summed E-state index contributed by atoms with van der Waals surface area (Å²) in [6.07, 6.45) is -0.417. The maximum Gasteiger partial charge on any atom is 0.262 e. The van der Waals surface area contributed by atoms with Crippen LogP contribution >= 0.6 is 0 Å². The van der Waals surface area contributed by atoms with Gasteiger partial charge in [-0.3, -0.25) is 10.1 Å². The van der Waals surface area contributed by atoms with Crippen LogP contribution < -0.4 is 5.32 Å². The van der Waals surface area contributed by atoms with Crippen molar-refractivity contribution in [2.45, 2.75) is 30.8 Å². The van der Waals surface area contributed by atoms with Crippen LogP contribution in [0.15, 0.2) is 54.6 Å². The molecule has 0 bridgehead atoms. The quantitative estimate of drug-likeness (QED) is 0.909. The first kappa shape index (κ1) is 16.2. The molecular formula is C20H20F2N2O. The van der Waals surface area contributed by atoms with Gasteiger partial charge in [0.1, 0.15) is 0 Å². The lowest BCUT2D eigenvalue weighted by molar-refractivity contribution is -0.134. The second-order valence-corrected chi connectivity index (χ2v) is 6.87. The van der Waals surface area contributed by atoms with Crippen LogP contribution in [-0.2, 0) is 11.3 Å². The third-order valence-corrected chi connectivity index (χ3v) is 5.12. The summed E-state index contributed by atoms with van der Waals surface area (Å²) < 4.78 is 26.9. The summed E-state index contributed by atoms with van der Waals surface area (Å²) in [4.78, 5) is 14.5. The lowest BCUT2D eigenvalue weighted by Crippen LogP contribution is -2.46. The van der Waals surface area contributed by atoms with Crippen LogP contribution in [0.5, 0.6) is 0 Å². The van der Waals surface area contributed by atoms with Gasteiger partial charge in [-0.25, -0.2) is 8.78 Å². The summed E-state index contributed by atoms with van der Waals surface area (Å²) in [6.45, 7) is 0.571. The Morgan fingerprint density at radius 2 is 1.80 bits per heavy atom. The smallest absolute Gasteiger partial charge is 0.262 e. The fraction of sp³-hybridized carbons (Fsp3) is 0.350. The molecule has 1 N–H and O–H groups in total. The number of nitrogens with one attached hydrogen (secondary N) is 1. The van der Waals surface area contributed by atoms with E-state index in [1.54, 1.807) is 4.90 Å². The van der Waals surface area contributed by atoms with E-state index in [1.165, 1.54) is 5.56 Å². The van der Waals surface area contributed by atoms with Gasteiger partial charge in [-0.15, -0.1) is 0 Å². The van der Waals surface area contributed by atoms with Gasteiger partial charge in [0.05, 0.1) is 12.6 Å². The Morgan fingerprint density at radius 3 is 2.52 bits per heavy atom. The van der Waals surface area contributed by atoms with Gasteiger partial charge < -0.3 is 4.90 Å². The van der Waals surface area contributed by atoms with E-state index in [-0.39, 0.29) is 11.8 Å². The van der Waals surface area contributed by atoms with E-state index in [0.717, 1.165) is 11.1 Å². The highest BCUT2D eigenvalue weighted by Crippen LogP contribution is 2.34. The van der Waals surface area contributed by atoms with Crippen molar-refractivity contribution in [1.29, 1.82) is 0 Å². The predicted octanol–water partition coefficient (Wildman–Crippen LogP) is 3.16. The summed E-state index contributed by atoms with van der Waals surface area (Å²) in [5.41, 5.74) is 3.43. The molecule has 130 valence electrons. The fourth-order valence-electron chi connectivity index (χ4n) is 3.86. The SMILES string of the molecule is O=C(C1CC(F)(F)CN1)N1Cc2ccccc2C(c2ccccc2)C1. The molecule has 3 nitrogen and oxygen atoms in total. The normalized spacial score (nSPS) is 24.8. The summed E-state index contributed by atoms with van der Waals surface area (Å²) in [5.74, 6) is -2.96. The van der Waals surface area contributed by atoms with Crippen LogP contribution in [0.3, 0.4) is 0 Å². The number of benzene rings is 2. The Kier molecular flexibility index (Phi) is 4.04. The first-order valence-corrected chi connectivity index (χ1v) is 8.56. The minimum Gasteiger partial charge on any atom is -0.336 e. The highest BCUT2D eigenvalue weighted by Gasteiger charge is 2.44. The number of hydrogen-bond donors (Lipinski definition) is 1. The molecule has 2 aliphatic heterocycles. The lowest BCUT2D eigenvalue weighted by Gasteiger charge is -2.36. The van der Waals surface area contributed by atoms with Gasteiger partial charge in [-0.2, -0.15) is 0 Å². The number of fused-ring (bicyclic) bond motifs is 1. The zero-order chi connectivity index (χ0) is 17.4. The first-order chi connectivity index (χ1) is 12.0.